The van der Waals surface area contributed by atoms with Gasteiger partial charge in [-0.25, -0.2) is 8.42 Å². The molecule has 1 heterocycles. The van der Waals surface area contributed by atoms with Crippen molar-refractivity contribution in [2.45, 2.75) is 68.1 Å². The molecule has 1 fully saturated rings. The van der Waals surface area contributed by atoms with Gasteiger partial charge in [-0.05, 0) is 44.2 Å². The number of hydrogen-bond donors (Lipinski definition) is 0. The first-order valence-electron chi connectivity index (χ1n) is 10.3. The maximum absolute atomic E-state index is 13.8. The first kappa shape index (κ1) is 24.1. The van der Waals surface area contributed by atoms with Crippen LogP contribution in [0.2, 0.25) is 0 Å². The molecule has 0 aliphatic carbocycles. The van der Waals surface area contributed by atoms with Crippen LogP contribution < -0.4 is 0 Å². The lowest BCUT2D eigenvalue weighted by molar-refractivity contribution is -0.151. The SMILES string of the molecule is C=CC[C@@]1(S(=O)(=O)c2ccccc2)C(=O)O[C@@](C)(CCCC(C)C)[C@@H]1CC(=O)OC. The number of rotatable bonds is 10. The van der Waals surface area contributed by atoms with Gasteiger partial charge in [0.25, 0.3) is 0 Å². The maximum Gasteiger partial charge on any atom is 0.329 e. The van der Waals surface area contributed by atoms with Gasteiger partial charge in [0.1, 0.15) is 5.60 Å². The Kier molecular flexibility index (Phi) is 7.50. The third-order valence-corrected chi connectivity index (χ3v) is 8.47. The number of carbonyl (C=O) groups excluding carboxylic acids is 2. The fourth-order valence-electron chi connectivity index (χ4n) is 4.38. The molecule has 30 heavy (non-hydrogen) atoms. The molecule has 2 rings (SSSR count). The van der Waals surface area contributed by atoms with Crippen LogP contribution >= 0.6 is 0 Å². The van der Waals surface area contributed by atoms with E-state index in [2.05, 4.69) is 20.4 Å². The highest BCUT2D eigenvalue weighted by Crippen LogP contribution is 2.52. The standard InChI is InChI=1S/C23H32O6S/c1-6-14-23(30(26,27)18-12-8-7-9-13-18)19(16-20(24)28-5)22(4,29-21(23)25)15-10-11-17(2)3/h6-9,12-13,17,19H,1,10-11,14-16H2,2-5H3/t19-,22-,23-/m0/s1. The van der Waals surface area contributed by atoms with Gasteiger partial charge in [-0.2, -0.15) is 0 Å². The third kappa shape index (κ3) is 4.31. The number of sulfone groups is 1. The molecule has 166 valence electrons. The highest BCUT2D eigenvalue weighted by atomic mass is 32.2. The predicted octanol–water partition coefficient (Wildman–Crippen LogP) is 4.10. The Balaban J connectivity index is 2.64. The molecule has 0 aromatic heterocycles. The number of ether oxygens (including phenoxy) is 2. The fourth-order valence-corrected chi connectivity index (χ4v) is 6.62. The summed E-state index contributed by atoms with van der Waals surface area (Å²) >= 11 is 0. The van der Waals surface area contributed by atoms with E-state index in [0.29, 0.717) is 12.3 Å². The van der Waals surface area contributed by atoms with Gasteiger partial charge >= 0.3 is 11.9 Å². The van der Waals surface area contributed by atoms with Crippen LogP contribution in [0.15, 0.2) is 47.9 Å². The minimum Gasteiger partial charge on any atom is -0.469 e. The van der Waals surface area contributed by atoms with Gasteiger partial charge in [-0.3, -0.25) is 9.59 Å². The summed E-state index contributed by atoms with van der Waals surface area (Å²) in [6, 6.07) is 7.82. The van der Waals surface area contributed by atoms with Crippen LogP contribution in [-0.4, -0.2) is 37.8 Å². The van der Waals surface area contributed by atoms with Crippen molar-refractivity contribution in [2.75, 3.05) is 7.11 Å². The monoisotopic (exact) mass is 436 g/mol. The quantitative estimate of drug-likeness (QED) is 0.405. The lowest BCUT2D eigenvalue weighted by Crippen LogP contribution is -2.51. The van der Waals surface area contributed by atoms with Crippen molar-refractivity contribution >= 4 is 21.8 Å². The van der Waals surface area contributed by atoms with Gasteiger partial charge < -0.3 is 9.47 Å². The zero-order chi connectivity index (χ0) is 22.6. The number of esters is 2. The van der Waals surface area contributed by atoms with Crippen molar-refractivity contribution in [3.05, 3.63) is 43.0 Å². The summed E-state index contributed by atoms with van der Waals surface area (Å²) in [4.78, 5) is 25.6. The van der Waals surface area contributed by atoms with Crippen LogP contribution in [0.25, 0.3) is 0 Å². The minimum atomic E-state index is -4.18. The summed E-state index contributed by atoms with van der Waals surface area (Å²) < 4.78 is 36.3. The largest absolute Gasteiger partial charge is 0.469 e. The Morgan fingerprint density at radius 1 is 1.30 bits per heavy atom. The zero-order valence-corrected chi connectivity index (χ0v) is 19.0. The van der Waals surface area contributed by atoms with Crippen molar-refractivity contribution in [1.29, 1.82) is 0 Å². The van der Waals surface area contributed by atoms with Crippen molar-refractivity contribution in [2.24, 2.45) is 11.8 Å². The molecule has 1 saturated heterocycles. The minimum absolute atomic E-state index is 0.0186. The summed E-state index contributed by atoms with van der Waals surface area (Å²) in [5.74, 6) is -1.85. The van der Waals surface area contributed by atoms with Crippen molar-refractivity contribution in [1.82, 2.24) is 0 Å². The first-order valence-corrected chi connectivity index (χ1v) is 11.7. The number of cyclic esters (lactones) is 1. The van der Waals surface area contributed by atoms with Crippen molar-refractivity contribution in [3.8, 4) is 0 Å². The Hall–Kier alpha value is -2.15. The average Bonchev–Trinajstić information content (AvgIpc) is 2.90. The summed E-state index contributed by atoms with van der Waals surface area (Å²) in [7, 11) is -2.93. The van der Waals surface area contributed by atoms with E-state index >= 15 is 0 Å². The molecule has 0 bridgehead atoms. The van der Waals surface area contributed by atoms with E-state index in [1.165, 1.54) is 25.3 Å². The van der Waals surface area contributed by atoms with Crippen molar-refractivity contribution < 1.29 is 27.5 Å². The third-order valence-electron chi connectivity index (χ3n) is 6.01. The second-order valence-electron chi connectivity index (χ2n) is 8.52. The van der Waals surface area contributed by atoms with Gasteiger partial charge in [-0.15, -0.1) is 6.58 Å². The zero-order valence-electron chi connectivity index (χ0n) is 18.2. The summed E-state index contributed by atoms with van der Waals surface area (Å²) in [5, 5.41) is 0. The Morgan fingerprint density at radius 2 is 1.93 bits per heavy atom. The lowest BCUT2D eigenvalue weighted by Gasteiger charge is -2.35. The van der Waals surface area contributed by atoms with E-state index in [0.717, 1.165) is 12.8 Å². The Morgan fingerprint density at radius 3 is 2.47 bits per heavy atom. The van der Waals surface area contributed by atoms with E-state index in [-0.39, 0.29) is 17.7 Å². The van der Waals surface area contributed by atoms with Crippen LogP contribution in [0.5, 0.6) is 0 Å². The molecule has 1 aliphatic heterocycles. The maximum atomic E-state index is 13.8. The number of hydrogen-bond acceptors (Lipinski definition) is 6. The Labute approximate surface area is 179 Å². The molecule has 3 atom stereocenters. The fraction of sp³-hybridized carbons (Fsp3) is 0.565. The molecule has 0 unspecified atom stereocenters. The van der Waals surface area contributed by atoms with Crippen molar-refractivity contribution in [3.63, 3.8) is 0 Å². The number of carbonyl (C=O) groups is 2. The molecule has 0 saturated carbocycles. The average molecular weight is 437 g/mol. The van der Waals surface area contributed by atoms with Gasteiger partial charge in [0.2, 0.25) is 0 Å². The van der Waals surface area contributed by atoms with Gasteiger partial charge in [0.05, 0.1) is 18.4 Å². The van der Waals surface area contributed by atoms with Crippen LogP contribution in [-0.2, 0) is 28.9 Å². The summed E-state index contributed by atoms with van der Waals surface area (Å²) in [5.41, 5.74) is -1.11. The highest BCUT2D eigenvalue weighted by Gasteiger charge is 2.69. The number of methoxy groups -OCH3 is 1. The summed E-state index contributed by atoms with van der Waals surface area (Å²) in [6.45, 7) is 9.60. The highest BCUT2D eigenvalue weighted by molar-refractivity contribution is 7.93. The molecule has 0 N–H and O–H groups in total. The number of benzene rings is 1. The molecule has 1 aliphatic rings. The van der Waals surface area contributed by atoms with Gasteiger partial charge in [0.15, 0.2) is 14.6 Å². The molecular formula is C23H32O6S. The van der Waals surface area contributed by atoms with E-state index in [1.807, 2.05) is 0 Å². The predicted molar refractivity (Wildman–Crippen MR) is 114 cm³/mol. The van der Waals surface area contributed by atoms with Gasteiger partial charge in [-0.1, -0.05) is 44.5 Å². The van der Waals surface area contributed by atoms with Crippen LogP contribution in [0, 0.1) is 11.8 Å². The van der Waals surface area contributed by atoms with Crippen LogP contribution in [0.4, 0.5) is 0 Å². The number of allylic oxidation sites excluding steroid dienone is 1. The molecular weight excluding hydrogens is 404 g/mol. The van der Waals surface area contributed by atoms with E-state index < -0.39 is 38.0 Å². The van der Waals surface area contributed by atoms with Crippen LogP contribution in [0.1, 0.15) is 52.9 Å². The van der Waals surface area contributed by atoms with E-state index in [9.17, 15) is 18.0 Å². The Bertz CT molecular complexity index is 876. The first-order chi connectivity index (χ1) is 14.0. The molecule has 0 spiro atoms. The van der Waals surface area contributed by atoms with Gasteiger partial charge in [0, 0.05) is 5.92 Å². The topological polar surface area (TPSA) is 86.7 Å². The molecule has 0 amide bonds. The summed E-state index contributed by atoms with van der Waals surface area (Å²) in [6.07, 6.45) is 3.13. The van der Waals surface area contributed by atoms with E-state index in [4.69, 9.17) is 9.47 Å². The smallest absolute Gasteiger partial charge is 0.329 e. The normalized spacial score (nSPS) is 26.4. The second-order valence-corrected chi connectivity index (χ2v) is 10.7. The molecule has 1 aromatic carbocycles. The molecule has 7 heteroatoms. The van der Waals surface area contributed by atoms with Crippen LogP contribution in [0.3, 0.4) is 0 Å². The van der Waals surface area contributed by atoms with E-state index in [1.54, 1.807) is 25.1 Å². The molecule has 6 nitrogen and oxygen atoms in total. The lowest BCUT2D eigenvalue weighted by atomic mass is 9.75. The second kappa shape index (κ2) is 9.33. The molecule has 0 radical (unpaired) electrons. The molecule has 1 aromatic rings.